The number of benzene rings is 1. The van der Waals surface area contributed by atoms with Crippen LogP contribution in [0.4, 0.5) is 0 Å². The van der Waals surface area contributed by atoms with Crippen LogP contribution in [0.1, 0.15) is 46.4 Å². The number of pyridine rings is 1. The molecule has 2 aliphatic heterocycles. The van der Waals surface area contributed by atoms with Crippen molar-refractivity contribution in [2.75, 3.05) is 0 Å². The summed E-state index contributed by atoms with van der Waals surface area (Å²) in [5, 5.41) is 17.5. The molecule has 0 radical (unpaired) electrons. The van der Waals surface area contributed by atoms with Gasteiger partial charge in [-0.1, -0.05) is 12.1 Å². The predicted octanol–water partition coefficient (Wildman–Crippen LogP) is 3.08. The molecule has 4 heterocycles. The Morgan fingerprint density at radius 3 is 2.77 bits per heavy atom. The van der Waals surface area contributed by atoms with Crippen LogP contribution >= 0.6 is 0 Å². The lowest BCUT2D eigenvalue weighted by Crippen LogP contribution is -2.37. The van der Waals surface area contributed by atoms with Gasteiger partial charge < -0.3 is 4.90 Å². The van der Waals surface area contributed by atoms with Crippen LogP contribution in [0.5, 0.6) is 0 Å². The van der Waals surface area contributed by atoms with E-state index >= 15 is 0 Å². The quantitative estimate of drug-likeness (QED) is 0.674. The predicted molar refractivity (Wildman–Crippen MR) is 110 cm³/mol. The SMILES string of the molecule is Cc1cccc(C(=O)N2C3CCC2C(Cc2ccc(C#N)cn2)C3)c1-n1nccn1. The van der Waals surface area contributed by atoms with Gasteiger partial charge in [0.2, 0.25) is 0 Å². The van der Waals surface area contributed by atoms with E-state index in [-0.39, 0.29) is 18.0 Å². The van der Waals surface area contributed by atoms with Gasteiger partial charge in [0.1, 0.15) is 11.8 Å². The Morgan fingerprint density at radius 2 is 2.03 bits per heavy atom. The van der Waals surface area contributed by atoms with E-state index < -0.39 is 0 Å². The molecule has 0 aliphatic carbocycles. The molecule has 150 valence electrons. The average Bonchev–Trinajstić information content (AvgIpc) is 3.50. The molecule has 3 aromatic rings. The third-order valence-electron chi connectivity index (χ3n) is 6.41. The van der Waals surface area contributed by atoms with Gasteiger partial charge in [-0.05, 0) is 62.3 Å². The fraction of sp³-hybridized carbons (Fsp3) is 0.348. The largest absolute Gasteiger partial charge is 0.332 e. The lowest BCUT2D eigenvalue weighted by molar-refractivity contribution is 0.0718. The van der Waals surface area contributed by atoms with E-state index in [0.717, 1.165) is 42.6 Å². The highest BCUT2D eigenvalue weighted by Gasteiger charge is 2.48. The maximum absolute atomic E-state index is 13.7. The van der Waals surface area contributed by atoms with E-state index in [9.17, 15) is 4.79 Å². The Morgan fingerprint density at radius 1 is 1.20 bits per heavy atom. The van der Waals surface area contributed by atoms with E-state index in [1.807, 2.05) is 37.3 Å². The van der Waals surface area contributed by atoms with Crippen molar-refractivity contribution in [3.63, 3.8) is 0 Å². The number of aromatic nitrogens is 4. The van der Waals surface area contributed by atoms with Crippen molar-refractivity contribution in [1.82, 2.24) is 24.9 Å². The second kappa shape index (κ2) is 7.38. The van der Waals surface area contributed by atoms with Gasteiger partial charge in [0.25, 0.3) is 5.91 Å². The minimum atomic E-state index is 0.0637. The number of para-hydroxylation sites is 1. The van der Waals surface area contributed by atoms with Crippen LogP contribution in [0.3, 0.4) is 0 Å². The molecule has 2 aromatic heterocycles. The van der Waals surface area contributed by atoms with E-state index in [0.29, 0.717) is 17.0 Å². The van der Waals surface area contributed by atoms with Crippen molar-refractivity contribution in [2.45, 2.75) is 44.7 Å². The number of fused-ring (bicyclic) bond motifs is 2. The zero-order valence-electron chi connectivity index (χ0n) is 16.8. The molecular weight excluding hydrogens is 376 g/mol. The smallest absolute Gasteiger partial charge is 0.256 e. The van der Waals surface area contributed by atoms with Crippen molar-refractivity contribution < 1.29 is 4.79 Å². The van der Waals surface area contributed by atoms with Gasteiger partial charge in [0.15, 0.2) is 0 Å². The summed E-state index contributed by atoms with van der Waals surface area (Å²) in [4.78, 5) is 21.7. The minimum Gasteiger partial charge on any atom is -0.332 e. The fourth-order valence-corrected chi connectivity index (χ4v) is 5.10. The molecule has 2 saturated heterocycles. The van der Waals surface area contributed by atoms with Gasteiger partial charge in [-0.15, -0.1) is 0 Å². The highest BCUT2D eigenvalue weighted by Crippen LogP contribution is 2.44. The van der Waals surface area contributed by atoms with Crippen LogP contribution in [0.15, 0.2) is 48.9 Å². The highest BCUT2D eigenvalue weighted by atomic mass is 16.2. The number of carbonyl (C=O) groups is 1. The maximum atomic E-state index is 13.7. The summed E-state index contributed by atoms with van der Waals surface area (Å²) < 4.78 is 0. The van der Waals surface area contributed by atoms with E-state index in [1.54, 1.807) is 23.4 Å². The van der Waals surface area contributed by atoms with Crippen LogP contribution in [0, 0.1) is 24.2 Å². The van der Waals surface area contributed by atoms with Gasteiger partial charge >= 0.3 is 0 Å². The van der Waals surface area contributed by atoms with Crippen LogP contribution in [-0.2, 0) is 6.42 Å². The Kier molecular flexibility index (Phi) is 4.55. The lowest BCUT2D eigenvalue weighted by Gasteiger charge is -2.25. The number of carbonyl (C=O) groups excluding carboxylic acids is 1. The molecule has 5 rings (SSSR count). The minimum absolute atomic E-state index is 0.0637. The van der Waals surface area contributed by atoms with Crippen molar-refractivity contribution in [3.05, 3.63) is 71.3 Å². The summed E-state index contributed by atoms with van der Waals surface area (Å²) in [7, 11) is 0. The summed E-state index contributed by atoms with van der Waals surface area (Å²) in [6.07, 6.45) is 8.79. The Bertz CT molecular complexity index is 1120. The molecule has 2 fully saturated rings. The first-order valence-electron chi connectivity index (χ1n) is 10.3. The van der Waals surface area contributed by atoms with Crippen LogP contribution in [-0.4, -0.2) is 42.9 Å². The first kappa shape index (κ1) is 18.5. The number of nitriles is 1. The van der Waals surface area contributed by atoms with Gasteiger partial charge in [-0.3, -0.25) is 9.78 Å². The topological polar surface area (TPSA) is 87.7 Å². The van der Waals surface area contributed by atoms with Gasteiger partial charge in [0.05, 0.1) is 23.5 Å². The zero-order valence-corrected chi connectivity index (χ0v) is 16.8. The molecule has 1 amide bonds. The molecule has 30 heavy (non-hydrogen) atoms. The van der Waals surface area contributed by atoms with Crippen LogP contribution in [0.2, 0.25) is 0 Å². The van der Waals surface area contributed by atoms with E-state index in [4.69, 9.17) is 5.26 Å². The lowest BCUT2D eigenvalue weighted by atomic mass is 9.86. The number of aryl methyl sites for hydroxylation is 1. The first-order valence-corrected chi connectivity index (χ1v) is 10.3. The van der Waals surface area contributed by atoms with E-state index in [1.165, 1.54) is 0 Å². The fourth-order valence-electron chi connectivity index (χ4n) is 5.10. The summed E-state index contributed by atoms with van der Waals surface area (Å²) in [6, 6.07) is 12.1. The third-order valence-corrected chi connectivity index (χ3v) is 6.41. The maximum Gasteiger partial charge on any atom is 0.256 e. The summed E-state index contributed by atoms with van der Waals surface area (Å²) in [6.45, 7) is 1.98. The summed E-state index contributed by atoms with van der Waals surface area (Å²) in [5.41, 5.74) is 3.94. The summed E-state index contributed by atoms with van der Waals surface area (Å²) >= 11 is 0. The summed E-state index contributed by atoms with van der Waals surface area (Å²) in [5.74, 6) is 0.456. The van der Waals surface area contributed by atoms with E-state index in [2.05, 4.69) is 26.2 Å². The van der Waals surface area contributed by atoms with Crippen molar-refractivity contribution in [2.24, 2.45) is 5.92 Å². The number of rotatable bonds is 4. The second-order valence-corrected chi connectivity index (χ2v) is 8.15. The molecule has 2 aliphatic rings. The molecule has 3 atom stereocenters. The molecule has 2 bridgehead atoms. The Labute approximate surface area is 175 Å². The molecule has 7 heteroatoms. The standard InChI is InChI=1S/C23H22N6O/c1-15-3-2-4-20(22(15)29-26-9-10-27-29)23(30)28-19-7-8-21(28)17(12-19)11-18-6-5-16(13-24)14-25-18/h2-6,9-10,14,17,19,21H,7-8,11-12H2,1H3. The first-order chi connectivity index (χ1) is 14.7. The molecule has 0 saturated carbocycles. The van der Waals surface area contributed by atoms with Crippen molar-refractivity contribution in [3.8, 4) is 11.8 Å². The number of nitrogens with zero attached hydrogens (tertiary/aromatic N) is 6. The zero-order chi connectivity index (χ0) is 20.7. The molecule has 7 nitrogen and oxygen atoms in total. The van der Waals surface area contributed by atoms with Crippen molar-refractivity contribution >= 4 is 5.91 Å². The molecule has 1 aromatic carbocycles. The highest BCUT2D eigenvalue weighted by molar-refractivity contribution is 5.99. The monoisotopic (exact) mass is 398 g/mol. The van der Waals surface area contributed by atoms with Gasteiger partial charge in [0, 0.05) is 24.0 Å². The Balaban J connectivity index is 1.41. The number of hydrogen-bond donors (Lipinski definition) is 0. The molecule has 3 unspecified atom stereocenters. The number of hydrogen-bond acceptors (Lipinski definition) is 5. The average molecular weight is 398 g/mol. The van der Waals surface area contributed by atoms with Gasteiger partial charge in [-0.2, -0.15) is 20.3 Å². The number of amides is 1. The van der Waals surface area contributed by atoms with Crippen molar-refractivity contribution in [1.29, 1.82) is 5.26 Å². The molecular formula is C23H22N6O. The third kappa shape index (κ3) is 3.05. The van der Waals surface area contributed by atoms with Crippen LogP contribution in [0.25, 0.3) is 5.69 Å². The second-order valence-electron chi connectivity index (χ2n) is 8.15. The Hall–Kier alpha value is -3.53. The van der Waals surface area contributed by atoms with Crippen LogP contribution < -0.4 is 0 Å². The normalized spacial score (nSPS) is 22.3. The molecule has 0 spiro atoms. The van der Waals surface area contributed by atoms with Gasteiger partial charge in [-0.25, -0.2) is 0 Å². The molecule has 0 N–H and O–H groups in total.